The maximum Gasteiger partial charge on any atom is 0.337 e. The molecule has 0 saturated heterocycles. The number of hydrogen-bond acceptors (Lipinski definition) is 4. The van der Waals surface area contributed by atoms with Gasteiger partial charge >= 0.3 is 5.97 Å². The Morgan fingerprint density at radius 2 is 1.87 bits per heavy atom. The molecule has 0 aliphatic heterocycles. The molecule has 0 aromatic heterocycles. The van der Waals surface area contributed by atoms with Crippen LogP contribution in [0.5, 0.6) is 0 Å². The Bertz CT molecular complexity index is 673. The Balaban J connectivity index is 1.92. The van der Waals surface area contributed by atoms with Gasteiger partial charge in [-0.1, -0.05) is 36.4 Å². The van der Waals surface area contributed by atoms with E-state index >= 15 is 0 Å². The monoisotopic (exact) mass is 329 g/mol. The van der Waals surface area contributed by atoms with Crippen LogP contribution in [0.4, 0.5) is 5.69 Å². The molecule has 5 heteroatoms. The number of nitrogens with one attached hydrogen (secondary N) is 1. The maximum absolute atomic E-state index is 12.2. The molecule has 0 unspecified atom stereocenters. The van der Waals surface area contributed by atoms with Gasteiger partial charge in [0, 0.05) is 11.4 Å². The molecule has 0 aliphatic carbocycles. The van der Waals surface area contributed by atoms with Crippen LogP contribution in [0.25, 0.3) is 0 Å². The molecule has 0 saturated carbocycles. The van der Waals surface area contributed by atoms with Crippen LogP contribution in [-0.4, -0.2) is 24.2 Å². The van der Waals surface area contributed by atoms with Crippen molar-refractivity contribution >= 4 is 29.3 Å². The molecule has 1 N–H and O–H groups in total. The van der Waals surface area contributed by atoms with Crippen LogP contribution in [-0.2, 0) is 15.3 Å². The number of carbonyl (C=O) groups excluding carboxylic acids is 2. The lowest BCUT2D eigenvalue weighted by Crippen LogP contribution is -2.22. The summed E-state index contributed by atoms with van der Waals surface area (Å²) in [6, 6.07) is 16.7. The predicted octanol–water partition coefficient (Wildman–Crippen LogP) is 3.73. The number of anilines is 1. The van der Waals surface area contributed by atoms with Gasteiger partial charge < -0.3 is 10.1 Å². The quantitative estimate of drug-likeness (QED) is 0.820. The highest BCUT2D eigenvalue weighted by atomic mass is 32.2. The first-order chi connectivity index (χ1) is 11.1. The molecule has 4 nitrogen and oxygen atoms in total. The van der Waals surface area contributed by atoms with Crippen LogP contribution >= 0.6 is 11.8 Å². The third-order valence-electron chi connectivity index (χ3n) is 3.26. The first-order valence-corrected chi connectivity index (χ1v) is 8.30. The van der Waals surface area contributed by atoms with E-state index in [4.69, 9.17) is 0 Å². The average Bonchev–Trinajstić information content (AvgIpc) is 2.60. The molecule has 2 rings (SSSR count). The van der Waals surface area contributed by atoms with Crippen molar-refractivity contribution in [3.63, 3.8) is 0 Å². The Labute approximate surface area is 140 Å². The highest BCUT2D eigenvalue weighted by molar-refractivity contribution is 7.99. The maximum atomic E-state index is 12.2. The fraction of sp³-hybridized carbons (Fsp3) is 0.222. The normalized spacial score (nSPS) is 11.6. The van der Waals surface area contributed by atoms with E-state index in [1.807, 2.05) is 37.3 Å². The van der Waals surface area contributed by atoms with E-state index in [-0.39, 0.29) is 11.2 Å². The lowest BCUT2D eigenvalue weighted by molar-refractivity contribution is -0.115. The largest absolute Gasteiger partial charge is 0.465 e. The third-order valence-corrected chi connectivity index (χ3v) is 4.48. The number of methoxy groups -OCH3 is 1. The lowest BCUT2D eigenvalue weighted by atomic mass is 10.2. The fourth-order valence-corrected chi connectivity index (χ4v) is 2.80. The van der Waals surface area contributed by atoms with Gasteiger partial charge in [0.15, 0.2) is 0 Å². The van der Waals surface area contributed by atoms with Crippen molar-refractivity contribution in [2.24, 2.45) is 0 Å². The van der Waals surface area contributed by atoms with Crippen LogP contribution in [0.15, 0.2) is 54.6 Å². The summed E-state index contributed by atoms with van der Waals surface area (Å²) in [5, 5.41) is 2.63. The number of hydrogen-bond donors (Lipinski definition) is 1. The predicted molar refractivity (Wildman–Crippen MR) is 93.6 cm³/mol. The van der Waals surface area contributed by atoms with Gasteiger partial charge in [0.25, 0.3) is 0 Å². The molecule has 1 amide bonds. The summed E-state index contributed by atoms with van der Waals surface area (Å²) >= 11 is 1.57. The topological polar surface area (TPSA) is 55.4 Å². The van der Waals surface area contributed by atoms with E-state index in [0.29, 0.717) is 11.3 Å². The Kier molecular flexibility index (Phi) is 6.23. The summed E-state index contributed by atoms with van der Waals surface area (Å²) in [6.07, 6.45) is 0. The Hall–Kier alpha value is -2.27. The minimum Gasteiger partial charge on any atom is -0.465 e. The molecule has 0 bridgehead atoms. The van der Waals surface area contributed by atoms with E-state index < -0.39 is 5.97 Å². The molecule has 2 aromatic rings. The van der Waals surface area contributed by atoms with Crippen molar-refractivity contribution < 1.29 is 14.3 Å². The molecule has 0 heterocycles. The molecular formula is C18H19NO3S. The molecule has 0 radical (unpaired) electrons. The zero-order valence-electron chi connectivity index (χ0n) is 13.1. The van der Waals surface area contributed by atoms with Gasteiger partial charge in [0.05, 0.1) is 17.9 Å². The Morgan fingerprint density at radius 1 is 1.13 bits per heavy atom. The first kappa shape index (κ1) is 17.1. The third kappa shape index (κ3) is 5.14. The van der Waals surface area contributed by atoms with Gasteiger partial charge in [-0.2, -0.15) is 0 Å². The van der Waals surface area contributed by atoms with Crippen molar-refractivity contribution in [1.82, 2.24) is 0 Å². The standard InChI is InChI=1S/C18H19NO3S/c1-13(23-12-14-7-4-3-5-8-14)17(20)19-16-10-6-9-15(11-16)18(21)22-2/h3-11,13H,12H2,1-2H3,(H,19,20)/t13-/m1/s1. The second kappa shape index (κ2) is 8.39. The van der Waals surface area contributed by atoms with Crippen LogP contribution in [0, 0.1) is 0 Å². The van der Waals surface area contributed by atoms with Gasteiger partial charge in [-0.05, 0) is 30.7 Å². The van der Waals surface area contributed by atoms with Crippen LogP contribution < -0.4 is 5.32 Å². The van der Waals surface area contributed by atoms with Gasteiger partial charge in [-0.15, -0.1) is 11.8 Å². The minimum absolute atomic E-state index is 0.0899. The van der Waals surface area contributed by atoms with E-state index in [1.54, 1.807) is 36.0 Å². The molecule has 0 spiro atoms. The van der Waals surface area contributed by atoms with Gasteiger partial charge in [-0.3, -0.25) is 4.79 Å². The van der Waals surface area contributed by atoms with E-state index in [2.05, 4.69) is 10.1 Å². The summed E-state index contributed by atoms with van der Waals surface area (Å²) in [4.78, 5) is 23.7. The smallest absolute Gasteiger partial charge is 0.337 e. The van der Waals surface area contributed by atoms with E-state index in [0.717, 1.165) is 5.75 Å². The second-order valence-corrected chi connectivity index (χ2v) is 6.33. The van der Waals surface area contributed by atoms with Crippen LogP contribution in [0.1, 0.15) is 22.8 Å². The highest BCUT2D eigenvalue weighted by Crippen LogP contribution is 2.19. The molecule has 0 fully saturated rings. The van der Waals surface area contributed by atoms with E-state index in [1.165, 1.54) is 12.7 Å². The zero-order chi connectivity index (χ0) is 16.7. The summed E-state index contributed by atoms with van der Waals surface area (Å²) in [5.74, 6) is 0.262. The van der Waals surface area contributed by atoms with Crippen molar-refractivity contribution in [3.8, 4) is 0 Å². The molecule has 23 heavy (non-hydrogen) atoms. The van der Waals surface area contributed by atoms with Gasteiger partial charge in [0.1, 0.15) is 0 Å². The molecule has 120 valence electrons. The van der Waals surface area contributed by atoms with Crippen molar-refractivity contribution in [2.75, 3.05) is 12.4 Å². The number of thioether (sulfide) groups is 1. The van der Waals surface area contributed by atoms with Gasteiger partial charge in [-0.25, -0.2) is 4.79 Å². The number of benzene rings is 2. The summed E-state index contributed by atoms with van der Waals surface area (Å²) in [5.41, 5.74) is 2.18. The number of carbonyl (C=O) groups is 2. The Morgan fingerprint density at radius 3 is 2.57 bits per heavy atom. The van der Waals surface area contributed by atoms with Gasteiger partial charge in [0.2, 0.25) is 5.91 Å². The number of esters is 1. The van der Waals surface area contributed by atoms with Crippen LogP contribution in [0.3, 0.4) is 0 Å². The number of ether oxygens (including phenoxy) is 1. The zero-order valence-corrected chi connectivity index (χ0v) is 13.9. The van der Waals surface area contributed by atoms with E-state index in [9.17, 15) is 9.59 Å². The second-order valence-electron chi connectivity index (χ2n) is 5.00. The molecular weight excluding hydrogens is 310 g/mol. The molecule has 1 atom stereocenters. The highest BCUT2D eigenvalue weighted by Gasteiger charge is 2.14. The average molecular weight is 329 g/mol. The van der Waals surface area contributed by atoms with Crippen molar-refractivity contribution in [3.05, 3.63) is 65.7 Å². The molecule has 0 aliphatic rings. The number of rotatable bonds is 6. The van der Waals surface area contributed by atoms with Crippen molar-refractivity contribution in [2.45, 2.75) is 17.9 Å². The number of amides is 1. The SMILES string of the molecule is COC(=O)c1cccc(NC(=O)[C@@H](C)SCc2ccccc2)c1. The first-order valence-electron chi connectivity index (χ1n) is 7.25. The summed E-state index contributed by atoms with van der Waals surface area (Å²) < 4.78 is 4.68. The molecule has 2 aromatic carbocycles. The lowest BCUT2D eigenvalue weighted by Gasteiger charge is -2.12. The van der Waals surface area contributed by atoms with Crippen molar-refractivity contribution in [1.29, 1.82) is 0 Å². The fourth-order valence-electron chi connectivity index (χ4n) is 1.96. The summed E-state index contributed by atoms with van der Waals surface area (Å²) in [7, 11) is 1.33. The minimum atomic E-state index is -0.424. The summed E-state index contributed by atoms with van der Waals surface area (Å²) in [6.45, 7) is 1.87. The van der Waals surface area contributed by atoms with Crippen LogP contribution in [0.2, 0.25) is 0 Å².